The molecule has 17 heavy (non-hydrogen) atoms. The molecule has 1 unspecified atom stereocenters. The molecule has 0 heterocycles. The Morgan fingerprint density at radius 3 is 2.35 bits per heavy atom. The molecule has 0 aromatic heterocycles. The van der Waals surface area contributed by atoms with E-state index in [0.29, 0.717) is 23.1 Å². The molecule has 1 amide bonds. The minimum absolute atomic E-state index is 0.108. The highest BCUT2D eigenvalue weighted by molar-refractivity contribution is 6.36. The van der Waals surface area contributed by atoms with Gasteiger partial charge in [-0.05, 0) is 26.0 Å². The van der Waals surface area contributed by atoms with E-state index in [2.05, 4.69) is 0 Å². The second kappa shape index (κ2) is 6.24. The zero-order chi connectivity index (χ0) is 13.0. The number of likely N-dealkylation sites (N-methyl/N-ethyl adjacent to an activating group) is 1. The standard InChI is InChI=1S/C12H16Cl2N2O/c1-3-16(12(17)8(2)15)7-9-10(13)5-4-6-11(9)14/h4-6,8H,3,7,15H2,1-2H3. The Morgan fingerprint density at radius 1 is 1.41 bits per heavy atom. The maximum atomic E-state index is 11.8. The maximum absolute atomic E-state index is 11.8. The van der Waals surface area contributed by atoms with Gasteiger partial charge in [-0.15, -0.1) is 0 Å². The summed E-state index contributed by atoms with van der Waals surface area (Å²) in [5.41, 5.74) is 6.34. The summed E-state index contributed by atoms with van der Waals surface area (Å²) in [4.78, 5) is 13.5. The largest absolute Gasteiger partial charge is 0.337 e. The van der Waals surface area contributed by atoms with Crippen molar-refractivity contribution in [2.75, 3.05) is 6.54 Å². The van der Waals surface area contributed by atoms with Crippen LogP contribution in [-0.2, 0) is 11.3 Å². The van der Waals surface area contributed by atoms with Crippen LogP contribution >= 0.6 is 23.2 Å². The quantitative estimate of drug-likeness (QED) is 0.918. The van der Waals surface area contributed by atoms with Gasteiger partial charge in [0.15, 0.2) is 0 Å². The number of carbonyl (C=O) groups is 1. The fourth-order valence-electron chi connectivity index (χ4n) is 1.51. The van der Waals surface area contributed by atoms with Crippen molar-refractivity contribution < 1.29 is 4.79 Å². The smallest absolute Gasteiger partial charge is 0.239 e. The molecular formula is C12H16Cl2N2O. The molecule has 0 radical (unpaired) electrons. The first kappa shape index (κ1) is 14.3. The molecule has 0 aliphatic carbocycles. The molecule has 0 aliphatic heterocycles. The molecule has 1 atom stereocenters. The summed E-state index contributed by atoms with van der Waals surface area (Å²) in [6, 6.07) is 4.77. The van der Waals surface area contributed by atoms with Crippen LogP contribution in [0.15, 0.2) is 18.2 Å². The lowest BCUT2D eigenvalue weighted by atomic mass is 10.2. The zero-order valence-corrected chi connectivity index (χ0v) is 11.4. The van der Waals surface area contributed by atoms with E-state index in [1.807, 2.05) is 6.92 Å². The third-order valence-electron chi connectivity index (χ3n) is 2.49. The van der Waals surface area contributed by atoms with Gasteiger partial charge in [-0.2, -0.15) is 0 Å². The van der Waals surface area contributed by atoms with Crippen LogP contribution < -0.4 is 5.73 Å². The summed E-state index contributed by atoms with van der Waals surface area (Å²) in [5, 5.41) is 1.13. The summed E-state index contributed by atoms with van der Waals surface area (Å²) in [7, 11) is 0. The van der Waals surface area contributed by atoms with Gasteiger partial charge in [-0.1, -0.05) is 29.3 Å². The van der Waals surface area contributed by atoms with Gasteiger partial charge >= 0.3 is 0 Å². The number of rotatable bonds is 4. The second-order valence-corrected chi connectivity index (χ2v) is 4.66. The van der Waals surface area contributed by atoms with Crippen LogP contribution in [0.5, 0.6) is 0 Å². The van der Waals surface area contributed by atoms with Crippen LogP contribution in [0.1, 0.15) is 19.4 Å². The topological polar surface area (TPSA) is 46.3 Å². The van der Waals surface area contributed by atoms with Crippen LogP contribution in [0.2, 0.25) is 10.0 Å². The lowest BCUT2D eigenvalue weighted by Crippen LogP contribution is -2.41. The Balaban J connectivity index is 2.92. The Morgan fingerprint density at radius 2 is 1.94 bits per heavy atom. The number of carbonyl (C=O) groups excluding carboxylic acids is 1. The van der Waals surface area contributed by atoms with E-state index in [4.69, 9.17) is 28.9 Å². The highest BCUT2D eigenvalue weighted by Gasteiger charge is 2.18. The summed E-state index contributed by atoms with van der Waals surface area (Å²) >= 11 is 12.1. The molecule has 1 rings (SSSR count). The Hall–Kier alpha value is -0.770. The van der Waals surface area contributed by atoms with Gasteiger partial charge in [0.1, 0.15) is 0 Å². The molecular weight excluding hydrogens is 259 g/mol. The molecule has 0 fully saturated rings. The van der Waals surface area contributed by atoms with Crippen molar-refractivity contribution in [3.05, 3.63) is 33.8 Å². The molecule has 1 aromatic rings. The van der Waals surface area contributed by atoms with E-state index >= 15 is 0 Å². The number of benzene rings is 1. The van der Waals surface area contributed by atoms with Crippen LogP contribution in [0.4, 0.5) is 0 Å². The molecule has 94 valence electrons. The highest BCUT2D eigenvalue weighted by Crippen LogP contribution is 2.25. The van der Waals surface area contributed by atoms with E-state index in [0.717, 1.165) is 5.56 Å². The van der Waals surface area contributed by atoms with E-state index in [1.165, 1.54) is 0 Å². The predicted octanol–water partition coefficient (Wildman–Crippen LogP) is 2.69. The van der Waals surface area contributed by atoms with Crippen molar-refractivity contribution in [2.24, 2.45) is 5.73 Å². The lowest BCUT2D eigenvalue weighted by molar-refractivity contribution is -0.132. The van der Waals surface area contributed by atoms with Gasteiger partial charge in [0.2, 0.25) is 5.91 Å². The molecule has 0 bridgehead atoms. The molecule has 3 nitrogen and oxygen atoms in total. The van der Waals surface area contributed by atoms with E-state index < -0.39 is 6.04 Å². The van der Waals surface area contributed by atoms with Crippen molar-refractivity contribution in [1.29, 1.82) is 0 Å². The van der Waals surface area contributed by atoms with E-state index in [1.54, 1.807) is 30.0 Å². The Kier molecular flexibility index (Phi) is 5.25. The average Bonchev–Trinajstić information content (AvgIpc) is 2.28. The Labute approximate surface area is 111 Å². The summed E-state index contributed by atoms with van der Waals surface area (Å²) in [6.07, 6.45) is 0. The monoisotopic (exact) mass is 274 g/mol. The van der Waals surface area contributed by atoms with Gasteiger partial charge in [-0.3, -0.25) is 4.79 Å². The number of amides is 1. The van der Waals surface area contributed by atoms with Crippen LogP contribution in [0.3, 0.4) is 0 Å². The van der Waals surface area contributed by atoms with Crippen LogP contribution in [0.25, 0.3) is 0 Å². The van der Waals surface area contributed by atoms with Crippen molar-refractivity contribution in [3.63, 3.8) is 0 Å². The van der Waals surface area contributed by atoms with Gasteiger partial charge in [0, 0.05) is 28.7 Å². The average molecular weight is 275 g/mol. The van der Waals surface area contributed by atoms with Crippen LogP contribution in [-0.4, -0.2) is 23.4 Å². The molecule has 0 spiro atoms. The van der Waals surface area contributed by atoms with Crippen molar-refractivity contribution >= 4 is 29.1 Å². The third kappa shape index (κ3) is 3.60. The lowest BCUT2D eigenvalue weighted by Gasteiger charge is -2.23. The van der Waals surface area contributed by atoms with Gasteiger partial charge in [0.25, 0.3) is 0 Å². The normalized spacial score (nSPS) is 12.3. The minimum atomic E-state index is -0.517. The fourth-order valence-corrected chi connectivity index (χ4v) is 2.02. The number of hydrogen-bond acceptors (Lipinski definition) is 2. The Bertz CT molecular complexity index is 387. The molecule has 0 saturated carbocycles. The predicted molar refractivity (Wildman–Crippen MR) is 71.2 cm³/mol. The minimum Gasteiger partial charge on any atom is -0.337 e. The second-order valence-electron chi connectivity index (χ2n) is 3.84. The molecule has 1 aromatic carbocycles. The first-order valence-corrected chi connectivity index (χ1v) is 6.20. The molecule has 0 aliphatic rings. The van der Waals surface area contributed by atoms with Gasteiger partial charge < -0.3 is 10.6 Å². The summed E-state index contributed by atoms with van der Waals surface area (Å²) in [6.45, 7) is 4.52. The van der Waals surface area contributed by atoms with Gasteiger partial charge in [0.05, 0.1) is 6.04 Å². The fraction of sp³-hybridized carbons (Fsp3) is 0.417. The number of hydrogen-bond donors (Lipinski definition) is 1. The zero-order valence-electron chi connectivity index (χ0n) is 9.91. The molecule has 5 heteroatoms. The van der Waals surface area contributed by atoms with E-state index in [-0.39, 0.29) is 5.91 Å². The molecule has 2 N–H and O–H groups in total. The van der Waals surface area contributed by atoms with Crippen molar-refractivity contribution in [3.8, 4) is 0 Å². The third-order valence-corrected chi connectivity index (χ3v) is 3.20. The van der Waals surface area contributed by atoms with Gasteiger partial charge in [-0.25, -0.2) is 0 Å². The van der Waals surface area contributed by atoms with Crippen molar-refractivity contribution in [1.82, 2.24) is 4.90 Å². The number of nitrogens with two attached hydrogens (primary N) is 1. The van der Waals surface area contributed by atoms with E-state index in [9.17, 15) is 4.79 Å². The first-order chi connectivity index (χ1) is 7.97. The maximum Gasteiger partial charge on any atom is 0.239 e. The highest BCUT2D eigenvalue weighted by atomic mass is 35.5. The first-order valence-electron chi connectivity index (χ1n) is 5.44. The van der Waals surface area contributed by atoms with Crippen LogP contribution in [0, 0.1) is 0 Å². The molecule has 0 saturated heterocycles. The summed E-state index contributed by atoms with van der Waals surface area (Å²) in [5.74, 6) is -0.108. The summed E-state index contributed by atoms with van der Waals surface area (Å²) < 4.78 is 0. The van der Waals surface area contributed by atoms with Crippen molar-refractivity contribution in [2.45, 2.75) is 26.4 Å². The number of nitrogens with zero attached hydrogens (tertiary/aromatic N) is 1. The number of halogens is 2. The SMILES string of the molecule is CCN(Cc1c(Cl)cccc1Cl)C(=O)C(C)N.